The predicted molar refractivity (Wildman–Crippen MR) is 82.4 cm³/mol. The molecule has 2 heterocycles. The van der Waals surface area contributed by atoms with E-state index in [1.54, 1.807) is 0 Å². The summed E-state index contributed by atoms with van der Waals surface area (Å²) in [6.45, 7) is 2.74. The highest BCUT2D eigenvalue weighted by Gasteiger charge is 2.29. The lowest BCUT2D eigenvalue weighted by atomic mass is 9.96. The normalized spacial score (nSPS) is 17.3. The molecule has 1 aliphatic heterocycles. The summed E-state index contributed by atoms with van der Waals surface area (Å²) in [6, 6.07) is 10.3. The summed E-state index contributed by atoms with van der Waals surface area (Å²) in [5, 5.41) is 3.68. The van der Waals surface area contributed by atoms with Crippen molar-refractivity contribution in [2.75, 3.05) is 13.1 Å². The van der Waals surface area contributed by atoms with E-state index < -0.39 is 12.6 Å². The molecule has 0 spiro atoms. The number of aromatic nitrogens is 2. The molecule has 0 amide bonds. The minimum atomic E-state index is -4.19. The molecule has 1 aliphatic rings. The molecule has 1 fully saturated rings. The van der Waals surface area contributed by atoms with Gasteiger partial charge in [0.25, 0.3) is 0 Å². The fraction of sp³-hybridized carbons (Fsp3) is 0.529. The quantitative estimate of drug-likeness (QED) is 0.827. The zero-order valence-electron chi connectivity index (χ0n) is 13.3. The first-order chi connectivity index (χ1) is 11.5. The second kappa shape index (κ2) is 7.34. The Balaban J connectivity index is 1.49. The Labute approximate surface area is 138 Å². The summed E-state index contributed by atoms with van der Waals surface area (Å²) in [6.07, 6.45) is -3.56. The number of aryl methyl sites for hydroxylation is 1. The molecule has 0 atom stereocenters. The van der Waals surface area contributed by atoms with Crippen LogP contribution in [-0.4, -0.2) is 34.3 Å². The van der Waals surface area contributed by atoms with Gasteiger partial charge in [-0.05, 0) is 31.5 Å². The standard InChI is InChI=1S/C17H20F3N3O/c18-17(19,20)9-6-15-21-16(24-22-15)14-7-10-23(11-8-14)12-13-4-2-1-3-5-13/h1-5,14H,6-12H2. The van der Waals surface area contributed by atoms with Crippen LogP contribution in [0.3, 0.4) is 0 Å². The summed E-state index contributed by atoms with van der Waals surface area (Å²) in [7, 11) is 0. The van der Waals surface area contributed by atoms with Gasteiger partial charge < -0.3 is 4.52 Å². The second-order valence-electron chi connectivity index (χ2n) is 6.20. The van der Waals surface area contributed by atoms with Crippen LogP contribution in [0.25, 0.3) is 0 Å². The van der Waals surface area contributed by atoms with E-state index in [2.05, 4.69) is 27.2 Å². The summed E-state index contributed by atoms with van der Waals surface area (Å²) in [5.41, 5.74) is 1.28. The maximum Gasteiger partial charge on any atom is 0.389 e. The van der Waals surface area contributed by atoms with E-state index in [0.717, 1.165) is 32.5 Å². The topological polar surface area (TPSA) is 42.2 Å². The molecule has 0 radical (unpaired) electrons. The van der Waals surface area contributed by atoms with E-state index in [4.69, 9.17) is 4.52 Å². The molecule has 1 aromatic heterocycles. The van der Waals surface area contributed by atoms with Crippen molar-refractivity contribution in [3.63, 3.8) is 0 Å². The lowest BCUT2D eigenvalue weighted by Crippen LogP contribution is -2.32. The van der Waals surface area contributed by atoms with Crippen LogP contribution in [0.1, 0.15) is 42.5 Å². The molecule has 3 rings (SSSR count). The SMILES string of the molecule is FC(F)(F)CCc1noc(C2CCN(Cc3ccccc3)CC2)n1. The van der Waals surface area contributed by atoms with E-state index in [-0.39, 0.29) is 18.2 Å². The van der Waals surface area contributed by atoms with Crippen LogP contribution in [0, 0.1) is 0 Å². The Morgan fingerprint density at radius 3 is 2.50 bits per heavy atom. The van der Waals surface area contributed by atoms with Crippen molar-refractivity contribution in [1.82, 2.24) is 15.0 Å². The molecule has 2 aromatic rings. The van der Waals surface area contributed by atoms with E-state index in [0.29, 0.717) is 5.89 Å². The van der Waals surface area contributed by atoms with Crippen LogP contribution in [0.5, 0.6) is 0 Å². The van der Waals surface area contributed by atoms with Gasteiger partial charge in [0, 0.05) is 18.9 Å². The van der Waals surface area contributed by atoms with Gasteiger partial charge in [-0.15, -0.1) is 0 Å². The van der Waals surface area contributed by atoms with Crippen molar-refractivity contribution in [3.05, 3.63) is 47.6 Å². The largest absolute Gasteiger partial charge is 0.389 e. The summed E-state index contributed by atoms with van der Waals surface area (Å²) in [5.74, 6) is 0.768. The van der Waals surface area contributed by atoms with Gasteiger partial charge in [-0.3, -0.25) is 4.90 Å². The fourth-order valence-electron chi connectivity index (χ4n) is 2.97. The van der Waals surface area contributed by atoms with E-state index in [1.807, 2.05) is 18.2 Å². The minimum Gasteiger partial charge on any atom is -0.339 e. The maximum absolute atomic E-state index is 12.2. The van der Waals surface area contributed by atoms with Crippen LogP contribution in [0.2, 0.25) is 0 Å². The van der Waals surface area contributed by atoms with Crippen LogP contribution in [0.15, 0.2) is 34.9 Å². The smallest absolute Gasteiger partial charge is 0.339 e. The first-order valence-corrected chi connectivity index (χ1v) is 8.15. The Morgan fingerprint density at radius 2 is 1.83 bits per heavy atom. The Kier molecular flexibility index (Phi) is 5.18. The molecule has 4 nitrogen and oxygen atoms in total. The van der Waals surface area contributed by atoms with E-state index >= 15 is 0 Å². The highest BCUT2D eigenvalue weighted by molar-refractivity contribution is 5.14. The molecule has 24 heavy (non-hydrogen) atoms. The van der Waals surface area contributed by atoms with Crippen molar-refractivity contribution in [3.8, 4) is 0 Å². The average molecular weight is 339 g/mol. The van der Waals surface area contributed by atoms with Crippen molar-refractivity contribution < 1.29 is 17.7 Å². The third-order valence-electron chi connectivity index (χ3n) is 4.30. The zero-order chi connectivity index (χ0) is 17.0. The van der Waals surface area contributed by atoms with Crippen LogP contribution >= 0.6 is 0 Å². The summed E-state index contributed by atoms with van der Waals surface area (Å²) in [4.78, 5) is 6.52. The molecule has 0 unspecified atom stereocenters. The van der Waals surface area contributed by atoms with Gasteiger partial charge in [0.15, 0.2) is 5.82 Å². The molecular weight excluding hydrogens is 319 g/mol. The summed E-state index contributed by atoms with van der Waals surface area (Å²) >= 11 is 0. The third-order valence-corrected chi connectivity index (χ3v) is 4.30. The molecule has 0 N–H and O–H groups in total. The van der Waals surface area contributed by atoms with Gasteiger partial charge >= 0.3 is 6.18 Å². The van der Waals surface area contributed by atoms with Crippen molar-refractivity contribution in [2.24, 2.45) is 0 Å². The molecule has 0 aliphatic carbocycles. The molecule has 1 saturated heterocycles. The van der Waals surface area contributed by atoms with Crippen LogP contribution in [-0.2, 0) is 13.0 Å². The second-order valence-corrected chi connectivity index (χ2v) is 6.20. The summed E-state index contributed by atoms with van der Waals surface area (Å²) < 4.78 is 41.9. The molecule has 7 heteroatoms. The highest BCUT2D eigenvalue weighted by Crippen LogP contribution is 2.28. The van der Waals surface area contributed by atoms with E-state index in [9.17, 15) is 13.2 Å². The third kappa shape index (κ3) is 4.80. The van der Waals surface area contributed by atoms with Gasteiger partial charge in [-0.1, -0.05) is 35.5 Å². The van der Waals surface area contributed by atoms with Crippen LogP contribution in [0.4, 0.5) is 13.2 Å². The number of hydrogen-bond donors (Lipinski definition) is 0. The molecule has 1 aromatic carbocycles. The number of benzene rings is 1. The zero-order valence-corrected chi connectivity index (χ0v) is 13.3. The molecule has 0 saturated carbocycles. The number of halogens is 3. The molecule has 0 bridgehead atoms. The predicted octanol–water partition coefficient (Wildman–Crippen LogP) is 3.94. The fourth-order valence-corrected chi connectivity index (χ4v) is 2.97. The maximum atomic E-state index is 12.2. The lowest BCUT2D eigenvalue weighted by molar-refractivity contribution is -0.134. The number of alkyl halides is 3. The van der Waals surface area contributed by atoms with Gasteiger partial charge in [-0.25, -0.2) is 0 Å². The average Bonchev–Trinajstić information content (AvgIpc) is 3.03. The van der Waals surface area contributed by atoms with Crippen molar-refractivity contribution in [1.29, 1.82) is 0 Å². The number of likely N-dealkylation sites (tertiary alicyclic amines) is 1. The van der Waals surface area contributed by atoms with Crippen LogP contribution < -0.4 is 0 Å². The minimum absolute atomic E-state index is 0.143. The van der Waals surface area contributed by atoms with Gasteiger partial charge in [-0.2, -0.15) is 18.2 Å². The molecule has 130 valence electrons. The number of nitrogens with zero attached hydrogens (tertiary/aromatic N) is 3. The van der Waals surface area contributed by atoms with Gasteiger partial charge in [0.05, 0.1) is 6.42 Å². The first-order valence-electron chi connectivity index (χ1n) is 8.15. The van der Waals surface area contributed by atoms with Gasteiger partial charge in [0.1, 0.15) is 0 Å². The Hall–Kier alpha value is -1.89. The first kappa shape index (κ1) is 17.0. The van der Waals surface area contributed by atoms with E-state index in [1.165, 1.54) is 5.56 Å². The van der Waals surface area contributed by atoms with Crippen molar-refractivity contribution >= 4 is 0 Å². The Morgan fingerprint density at radius 1 is 1.12 bits per heavy atom. The Bertz CT molecular complexity index is 634. The number of hydrogen-bond acceptors (Lipinski definition) is 4. The molecular formula is C17H20F3N3O. The van der Waals surface area contributed by atoms with Gasteiger partial charge in [0.2, 0.25) is 5.89 Å². The number of rotatable bonds is 5. The highest BCUT2D eigenvalue weighted by atomic mass is 19.4. The van der Waals surface area contributed by atoms with Crippen molar-refractivity contribution in [2.45, 2.75) is 44.3 Å². The monoisotopic (exact) mass is 339 g/mol. The lowest BCUT2D eigenvalue weighted by Gasteiger charge is -2.30. The number of piperidine rings is 1.